The zero-order valence-corrected chi connectivity index (χ0v) is 25.8. The van der Waals surface area contributed by atoms with Crippen LogP contribution in [0.15, 0.2) is 76.2 Å². The third kappa shape index (κ3) is 6.50. The van der Waals surface area contributed by atoms with Crippen molar-refractivity contribution in [1.82, 2.24) is 35.0 Å². The number of nitrogens with one attached hydrogen (secondary N) is 2. The lowest BCUT2D eigenvalue weighted by Crippen LogP contribution is -2.46. The van der Waals surface area contributed by atoms with E-state index in [1.54, 1.807) is 50.4 Å². The fraction of sp³-hybridized carbons (Fsp3) is 0.281. The number of ketones is 1. The molecule has 0 aliphatic heterocycles. The summed E-state index contributed by atoms with van der Waals surface area (Å²) in [4.78, 5) is 65.7. The van der Waals surface area contributed by atoms with Gasteiger partial charge in [0.2, 0.25) is 17.6 Å². The topological polar surface area (TPSA) is 184 Å². The van der Waals surface area contributed by atoms with E-state index in [1.807, 2.05) is 38.1 Å². The van der Waals surface area contributed by atoms with Crippen molar-refractivity contribution in [1.29, 1.82) is 0 Å². The van der Waals surface area contributed by atoms with Gasteiger partial charge in [0.25, 0.3) is 11.4 Å². The van der Waals surface area contributed by atoms with Gasteiger partial charge in [-0.2, -0.15) is 0 Å². The molecule has 2 aromatic carbocycles. The monoisotopic (exact) mass is 624 g/mol. The van der Waals surface area contributed by atoms with Crippen molar-refractivity contribution in [2.75, 3.05) is 12.4 Å². The number of carbonyl (C=O) groups excluding carboxylic acids is 3. The van der Waals surface area contributed by atoms with E-state index < -0.39 is 41.3 Å². The number of Topliss-reactive ketones (excluding diaryl/α,β-unsaturated/α-hetero) is 1. The molecule has 0 saturated heterocycles. The average molecular weight is 625 g/mol. The standard InChI is InChI=1S/C32H32N8O6/c1-18(2)25(26(42)28-38-39-30(46-28)32(3,4)23-16-33-20-13-9-10-14-21(20)35-23)37-24(41)17-40-27(19-11-7-6-8-12-19)34-15-22(29(40)43)36-31(44)45-5/h6-16,18,25H,17H2,1-5H3,(H,36,44)(H,37,41)/t25-/m0/s1. The quantitative estimate of drug-likeness (QED) is 0.216. The van der Waals surface area contributed by atoms with Gasteiger partial charge in [0.1, 0.15) is 18.1 Å². The van der Waals surface area contributed by atoms with Crippen LogP contribution in [0, 0.1) is 5.92 Å². The maximum atomic E-state index is 13.6. The highest BCUT2D eigenvalue weighted by Gasteiger charge is 2.35. The molecule has 3 aromatic heterocycles. The van der Waals surface area contributed by atoms with Gasteiger partial charge in [-0.1, -0.05) is 56.3 Å². The number of para-hydroxylation sites is 2. The van der Waals surface area contributed by atoms with E-state index in [2.05, 4.69) is 40.5 Å². The Bertz CT molecular complexity index is 1970. The zero-order valence-electron chi connectivity index (χ0n) is 25.8. The summed E-state index contributed by atoms with van der Waals surface area (Å²) in [6.07, 6.45) is 1.94. The lowest BCUT2D eigenvalue weighted by atomic mass is 9.89. The summed E-state index contributed by atoms with van der Waals surface area (Å²) in [5.74, 6) is -1.60. The minimum absolute atomic E-state index is 0.148. The van der Waals surface area contributed by atoms with Gasteiger partial charge in [-0.15, -0.1) is 10.2 Å². The van der Waals surface area contributed by atoms with Crippen LogP contribution in [0.3, 0.4) is 0 Å². The fourth-order valence-electron chi connectivity index (χ4n) is 4.68. The van der Waals surface area contributed by atoms with Crippen molar-refractivity contribution in [2.45, 2.75) is 45.7 Å². The lowest BCUT2D eigenvalue weighted by molar-refractivity contribution is -0.122. The van der Waals surface area contributed by atoms with Gasteiger partial charge in [0.15, 0.2) is 0 Å². The molecule has 0 fully saturated rings. The second-order valence-electron chi connectivity index (χ2n) is 11.3. The van der Waals surface area contributed by atoms with Gasteiger partial charge in [0, 0.05) is 5.56 Å². The molecule has 0 saturated carbocycles. The molecule has 0 aliphatic rings. The van der Waals surface area contributed by atoms with E-state index in [4.69, 9.17) is 4.42 Å². The van der Waals surface area contributed by atoms with Gasteiger partial charge in [-0.3, -0.25) is 29.3 Å². The summed E-state index contributed by atoms with van der Waals surface area (Å²) in [6.45, 7) is 6.65. The first-order valence-corrected chi connectivity index (χ1v) is 14.4. The van der Waals surface area contributed by atoms with Crippen molar-refractivity contribution >= 4 is 34.5 Å². The number of anilines is 1. The molecule has 0 unspecified atom stereocenters. The number of rotatable bonds is 10. The van der Waals surface area contributed by atoms with E-state index in [9.17, 15) is 19.2 Å². The van der Waals surface area contributed by atoms with E-state index in [0.717, 1.165) is 17.2 Å². The number of amides is 2. The van der Waals surface area contributed by atoms with Crippen molar-refractivity contribution < 1.29 is 23.5 Å². The van der Waals surface area contributed by atoms with Crippen LogP contribution in [-0.4, -0.2) is 60.7 Å². The third-order valence-corrected chi connectivity index (χ3v) is 7.33. The molecular weight excluding hydrogens is 592 g/mol. The molecule has 0 aliphatic carbocycles. The molecule has 46 heavy (non-hydrogen) atoms. The first kappa shape index (κ1) is 31.6. The Morgan fingerprint density at radius 1 is 0.957 bits per heavy atom. The van der Waals surface area contributed by atoms with Crippen LogP contribution in [0.2, 0.25) is 0 Å². The third-order valence-electron chi connectivity index (χ3n) is 7.33. The summed E-state index contributed by atoms with van der Waals surface area (Å²) in [6, 6.07) is 15.1. The molecular formula is C32H32N8O6. The summed E-state index contributed by atoms with van der Waals surface area (Å²) in [5.41, 5.74) is 0.799. The van der Waals surface area contributed by atoms with Crippen LogP contribution >= 0.6 is 0 Å². The molecule has 0 radical (unpaired) electrons. The van der Waals surface area contributed by atoms with Crippen LogP contribution < -0.4 is 16.2 Å². The molecule has 5 aromatic rings. The number of nitrogens with zero attached hydrogens (tertiary/aromatic N) is 6. The van der Waals surface area contributed by atoms with Crippen LogP contribution in [0.25, 0.3) is 22.4 Å². The lowest BCUT2D eigenvalue weighted by Gasteiger charge is -2.21. The Kier molecular flexibility index (Phi) is 8.98. The van der Waals surface area contributed by atoms with E-state index >= 15 is 0 Å². The van der Waals surface area contributed by atoms with Gasteiger partial charge in [0.05, 0.1) is 47.7 Å². The largest absolute Gasteiger partial charge is 0.453 e. The molecule has 236 valence electrons. The van der Waals surface area contributed by atoms with Crippen molar-refractivity contribution in [2.24, 2.45) is 5.92 Å². The average Bonchev–Trinajstić information content (AvgIpc) is 3.57. The van der Waals surface area contributed by atoms with E-state index in [1.165, 1.54) is 6.20 Å². The second-order valence-corrected chi connectivity index (χ2v) is 11.3. The highest BCUT2D eigenvalue weighted by Crippen LogP contribution is 2.30. The molecule has 0 bridgehead atoms. The van der Waals surface area contributed by atoms with Crippen molar-refractivity contribution in [3.05, 3.63) is 94.8 Å². The highest BCUT2D eigenvalue weighted by atomic mass is 16.5. The van der Waals surface area contributed by atoms with Gasteiger partial charge < -0.3 is 14.5 Å². The molecule has 0 spiro atoms. The maximum absolute atomic E-state index is 13.6. The van der Waals surface area contributed by atoms with Crippen molar-refractivity contribution in [3.63, 3.8) is 0 Å². The highest BCUT2D eigenvalue weighted by molar-refractivity contribution is 5.98. The Morgan fingerprint density at radius 3 is 2.35 bits per heavy atom. The number of hydrogen-bond donors (Lipinski definition) is 2. The minimum atomic E-state index is -1.07. The maximum Gasteiger partial charge on any atom is 0.411 e. The number of ether oxygens (including phenoxy) is 1. The molecule has 2 N–H and O–H groups in total. The van der Waals surface area contributed by atoms with Crippen LogP contribution in [-0.2, 0) is 21.5 Å². The molecule has 1 atom stereocenters. The number of hydrogen-bond acceptors (Lipinski definition) is 11. The number of benzene rings is 2. The Hall–Kier alpha value is -5.79. The Labute approximate surface area is 263 Å². The van der Waals surface area contributed by atoms with Gasteiger partial charge in [-0.05, 0) is 31.9 Å². The summed E-state index contributed by atoms with van der Waals surface area (Å²) in [7, 11) is 1.15. The van der Waals surface area contributed by atoms with Crippen LogP contribution in [0.4, 0.5) is 10.5 Å². The normalized spacial score (nSPS) is 12.1. The number of fused-ring (bicyclic) bond motifs is 1. The SMILES string of the molecule is COC(=O)Nc1cnc(-c2ccccc2)n(CC(=O)N[C@H](C(=O)c2nnc(C(C)(C)c3cnc4ccccc4n3)o2)C(C)C)c1=O. The molecule has 5 rings (SSSR count). The van der Waals surface area contributed by atoms with Crippen molar-refractivity contribution in [3.8, 4) is 11.4 Å². The summed E-state index contributed by atoms with van der Waals surface area (Å²) < 4.78 is 11.6. The number of methoxy groups -OCH3 is 1. The fourth-order valence-corrected chi connectivity index (χ4v) is 4.68. The van der Waals surface area contributed by atoms with Crippen LogP contribution in [0.5, 0.6) is 0 Å². The van der Waals surface area contributed by atoms with Gasteiger partial charge in [-0.25, -0.2) is 14.8 Å². The minimum Gasteiger partial charge on any atom is -0.453 e. The van der Waals surface area contributed by atoms with Crippen LogP contribution in [0.1, 0.15) is 50.0 Å². The number of carbonyl (C=O) groups is 3. The Morgan fingerprint density at radius 2 is 1.65 bits per heavy atom. The second kappa shape index (κ2) is 13.1. The molecule has 14 nitrogen and oxygen atoms in total. The Balaban J connectivity index is 1.39. The van der Waals surface area contributed by atoms with E-state index in [-0.39, 0.29) is 29.2 Å². The first-order chi connectivity index (χ1) is 22.0. The van der Waals surface area contributed by atoms with Gasteiger partial charge >= 0.3 is 6.09 Å². The molecule has 2 amide bonds. The predicted octanol–water partition coefficient (Wildman–Crippen LogP) is 3.76. The molecule has 14 heteroatoms. The first-order valence-electron chi connectivity index (χ1n) is 14.4. The molecule has 3 heterocycles. The summed E-state index contributed by atoms with van der Waals surface area (Å²) >= 11 is 0. The predicted molar refractivity (Wildman–Crippen MR) is 167 cm³/mol. The van der Waals surface area contributed by atoms with E-state index in [0.29, 0.717) is 16.8 Å². The smallest absolute Gasteiger partial charge is 0.411 e. The summed E-state index contributed by atoms with van der Waals surface area (Å²) in [5, 5.41) is 13.1. The number of aromatic nitrogens is 6. The zero-order chi connectivity index (χ0) is 33.0.